The summed E-state index contributed by atoms with van der Waals surface area (Å²) in [5.74, 6) is -3.20. The van der Waals surface area contributed by atoms with Crippen LogP contribution in [0.1, 0.15) is 106 Å². The van der Waals surface area contributed by atoms with Crippen molar-refractivity contribution in [2.45, 2.75) is 67.2 Å². The topological polar surface area (TPSA) is 143 Å². The maximum atomic E-state index is 14.1. The zero-order chi connectivity index (χ0) is 35.1. The van der Waals surface area contributed by atoms with Crippen molar-refractivity contribution in [1.29, 1.82) is 0 Å². The number of ketones is 1. The molecule has 1 saturated heterocycles. The minimum absolute atomic E-state index is 0. The third-order valence-corrected chi connectivity index (χ3v) is 10.1. The van der Waals surface area contributed by atoms with Crippen molar-refractivity contribution in [3.05, 3.63) is 95.7 Å². The number of fused-ring (bicyclic) bond motifs is 7. The van der Waals surface area contributed by atoms with Crippen LogP contribution in [0.5, 0.6) is 0 Å². The molecule has 2 aliphatic heterocycles. The van der Waals surface area contributed by atoms with Gasteiger partial charge in [0.15, 0.2) is 5.78 Å². The van der Waals surface area contributed by atoms with Crippen molar-refractivity contribution in [2.24, 2.45) is 17.8 Å². The van der Waals surface area contributed by atoms with Crippen LogP contribution >= 0.6 is 0 Å². The van der Waals surface area contributed by atoms with E-state index < -0.39 is 17.7 Å². The predicted octanol–water partition coefficient (Wildman–Crippen LogP) is 3.98. The third-order valence-electron chi connectivity index (χ3n) is 10.1. The fourth-order valence-corrected chi connectivity index (χ4v) is 7.40. The van der Waals surface area contributed by atoms with E-state index in [0.29, 0.717) is 68.6 Å². The number of hydrogen-bond acceptors (Lipinski definition) is 6. The first-order valence-corrected chi connectivity index (χ1v) is 16.8. The first-order valence-electron chi connectivity index (χ1n) is 16.8. The Kier molecular flexibility index (Phi) is 11.0. The molecule has 1 aliphatic carbocycles. The average Bonchev–Trinajstić information content (AvgIpc) is 3.84. The normalized spacial score (nSPS) is 22.9. The van der Waals surface area contributed by atoms with Gasteiger partial charge in [-0.2, -0.15) is 11.4 Å². The van der Waals surface area contributed by atoms with Gasteiger partial charge in [-0.1, -0.05) is 79.0 Å². The standard InChI is InChI=1S/C39H41N4O6.Mg/c1-8-11-14-49-32(45)13-12-24-20(5)27-15-26-19(4)22(9-2)29(40-26)17-31-25(18-44)23(10-3)30(41-31)16-28-21(6)33-37(43-28)34(36(24)42-27)35(38(33)46)39(47)48-7;/h8,11,15-18,20,24,35H,9-10,12-14H2,1-7H3,(H-,42,43,44,46);/q-3;+2/p-1/b11-8-,27-15-,31-17-;/t20-,24-,35+;/m0./s1. The van der Waals surface area contributed by atoms with E-state index in [-0.39, 0.29) is 53.9 Å². The van der Waals surface area contributed by atoms with Crippen LogP contribution in [0.3, 0.4) is 0 Å². The van der Waals surface area contributed by atoms with E-state index in [1.807, 2.05) is 45.9 Å². The van der Waals surface area contributed by atoms with Crippen LogP contribution < -0.4 is 25.7 Å². The van der Waals surface area contributed by atoms with Gasteiger partial charge in [0.05, 0.1) is 7.11 Å². The summed E-state index contributed by atoms with van der Waals surface area (Å²) in [4.78, 5) is 67.6. The Balaban J connectivity index is 0.00000486. The summed E-state index contributed by atoms with van der Waals surface area (Å²) in [5.41, 5.74) is 8.28. The van der Waals surface area contributed by atoms with Crippen molar-refractivity contribution in [1.82, 2.24) is 15.0 Å². The molecule has 50 heavy (non-hydrogen) atoms. The largest absolute Gasteiger partial charge is 2.00 e. The first-order chi connectivity index (χ1) is 23.6. The van der Waals surface area contributed by atoms with Crippen molar-refractivity contribution in [3.63, 3.8) is 0 Å². The van der Waals surface area contributed by atoms with Crippen LogP contribution in [0.15, 0.2) is 23.5 Å². The molecule has 0 saturated carbocycles. The van der Waals surface area contributed by atoms with Crippen LogP contribution in [-0.4, -0.2) is 60.8 Å². The van der Waals surface area contributed by atoms with Crippen molar-refractivity contribution < 1.29 is 28.7 Å². The molecule has 3 aromatic rings. The predicted molar refractivity (Wildman–Crippen MR) is 191 cm³/mol. The molecule has 0 unspecified atom stereocenters. The summed E-state index contributed by atoms with van der Waals surface area (Å²) in [6.45, 7) is 11.9. The van der Waals surface area contributed by atoms with Crippen molar-refractivity contribution in [3.8, 4) is 0 Å². The molecule has 0 N–H and O–H groups in total. The average molecular weight is 685 g/mol. The molecule has 11 heteroatoms. The summed E-state index contributed by atoms with van der Waals surface area (Å²) < 4.78 is 10.6. The van der Waals surface area contributed by atoms with Gasteiger partial charge in [0.1, 0.15) is 18.8 Å². The molecule has 0 aromatic carbocycles. The summed E-state index contributed by atoms with van der Waals surface area (Å²) in [6.07, 6.45) is 11.8. The van der Waals surface area contributed by atoms with Crippen molar-refractivity contribution >= 4 is 70.9 Å². The van der Waals surface area contributed by atoms with Crippen LogP contribution in [0, 0.1) is 31.6 Å². The van der Waals surface area contributed by atoms with Crippen LogP contribution in [0.2, 0.25) is 0 Å². The quantitative estimate of drug-likeness (QED) is 0.108. The molecule has 0 spiro atoms. The molecule has 10 nitrogen and oxygen atoms in total. The number of methoxy groups -OCH3 is 1. The minimum atomic E-state index is -1.24. The number of nitrogens with zero attached hydrogens (tertiary/aromatic N) is 4. The molecular weight excluding hydrogens is 645 g/mol. The third kappa shape index (κ3) is 6.15. The summed E-state index contributed by atoms with van der Waals surface area (Å²) in [6, 6.07) is 0. The summed E-state index contributed by atoms with van der Waals surface area (Å²) in [7, 11) is 1.26. The van der Waals surface area contributed by atoms with Gasteiger partial charge in [0.25, 0.3) is 0 Å². The van der Waals surface area contributed by atoms with E-state index in [1.54, 1.807) is 19.1 Å². The Morgan fingerprint density at radius 1 is 0.940 bits per heavy atom. The Bertz CT molecular complexity index is 2110. The van der Waals surface area contributed by atoms with Crippen molar-refractivity contribution in [2.75, 3.05) is 13.7 Å². The number of aromatic nitrogens is 3. The Hall–Kier alpha value is -4.35. The maximum absolute atomic E-state index is 14.1. The number of hydrogen-bond donors (Lipinski definition) is 0. The van der Waals surface area contributed by atoms with Crippen LogP contribution in [0.25, 0.3) is 29.1 Å². The van der Waals surface area contributed by atoms with Crippen LogP contribution in [0.4, 0.5) is 0 Å². The number of carbonyl (C=O) groups excluding carboxylic acids is 4. The molecule has 256 valence electrons. The second-order valence-electron chi connectivity index (χ2n) is 12.7. The van der Waals surface area contributed by atoms with Gasteiger partial charge < -0.3 is 29.7 Å². The van der Waals surface area contributed by atoms with E-state index >= 15 is 0 Å². The number of rotatable bonds is 9. The minimum Gasteiger partial charge on any atom is -0.664 e. The Morgan fingerprint density at radius 3 is 2.30 bits per heavy atom. The van der Waals surface area contributed by atoms with Gasteiger partial charge >= 0.3 is 35.0 Å². The molecule has 0 radical (unpaired) electrons. The van der Waals surface area contributed by atoms with Gasteiger partial charge in [0, 0.05) is 17.5 Å². The number of carbonyl (C=O) groups is 4. The molecule has 5 heterocycles. The molecule has 6 rings (SSSR count). The summed E-state index contributed by atoms with van der Waals surface area (Å²) >= 11 is 0. The van der Waals surface area contributed by atoms with Gasteiger partial charge in [0.2, 0.25) is 0 Å². The summed E-state index contributed by atoms with van der Waals surface area (Å²) in [5, 5.41) is 6.25. The number of aldehydes is 1. The monoisotopic (exact) mass is 684 g/mol. The smallest absolute Gasteiger partial charge is 0.664 e. The van der Waals surface area contributed by atoms with E-state index in [2.05, 4.69) is 6.92 Å². The van der Waals surface area contributed by atoms with Crippen LogP contribution in [-0.2, 0) is 31.9 Å². The fourth-order valence-electron chi connectivity index (χ4n) is 7.40. The molecule has 1 fully saturated rings. The van der Waals surface area contributed by atoms with Gasteiger partial charge in [-0.25, -0.2) is 0 Å². The molecule has 3 aliphatic rings. The second kappa shape index (κ2) is 14.9. The Labute approximate surface area is 307 Å². The maximum Gasteiger partial charge on any atom is 2.00 e. The molecule has 0 amide bonds. The number of allylic oxidation sites excluding steroid dienone is 3. The molecular formula is C39H40MgN4O6-2. The molecule has 3 atom stereocenters. The van der Waals surface area contributed by atoms with Gasteiger partial charge in [-0.05, 0) is 51.9 Å². The zero-order valence-electron chi connectivity index (χ0n) is 29.7. The number of esters is 2. The molecule has 8 bridgehead atoms. The van der Waals surface area contributed by atoms with Gasteiger partial charge in [-0.15, -0.1) is 33.5 Å². The Morgan fingerprint density at radius 2 is 1.64 bits per heavy atom. The second-order valence-corrected chi connectivity index (χ2v) is 12.7. The number of Topliss-reactive ketones (excluding diaryl/α,β-unsaturated/α-hetero) is 1. The van der Waals surface area contributed by atoms with E-state index in [1.165, 1.54) is 7.11 Å². The van der Waals surface area contributed by atoms with E-state index in [9.17, 15) is 19.2 Å². The SMILES string of the molecule is C/C=C\COC(=O)CC[C@@H]1/C2=C3/c4[n-]c(c(C)c4C(=O)[C@@H]3C(=O)OC)/C=c3\[n-]/c(c(C=O)c3CC)=C\c3[n-]c(c(C)c3CC)/C=C(\[N-]2)[C@H]1C.[Mg+2]. The number of ether oxygens (including phenoxy) is 2. The first kappa shape index (κ1) is 36.9. The molecule has 3 aromatic heterocycles. The fraction of sp³-hybridized carbons (Fsp3) is 0.385. The van der Waals surface area contributed by atoms with Gasteiger partial charge in [-0.3, -0.25) is 19.2 Å². The van der Waals surface area contributed by atoms with E-state index in [0.717, 1.165) is 40.8 Å². The zero-order valence-corrected chi connectivity index (χ0v) is 31.1. The van der Waals surface area contributed by atoms with E-state index in [4.69, 9.17) is 29.7 Å².